The van der Waals surface area contributed by atoms with Gasteiger partial charge in [-0.3, -0.25) is 4.18 Å². The molecule has 0 amide bonds. The van der Waals surface area contributed by atoms with Crippen molar-refractivity contribution in [3.63, 3.8) is 0 Å². The first-order valence-electron chi connectivity index (χ1n) is 1.70. The van der Waals surface area contributed by atoms with Crippen molar-refractivity contribution >= 4 is 11.4 Å². The predicted octanol–water partition coefficient (Wildman–Crippen LogP) is 0.669. The maximum absolute atomic E-state index is 11.0. The molecule has 0 aromatic heterocycles. The molecule has 0 aliphatic carbocycles. The first-order chi connectivity index (χ1) is 3.81. The summed E-state index contributed by atoms with van der Waals surface area (Å²) < 4.78 is 29.1. The van der Waals surface area contributed by atoms with Crippen LogP contribution in [0.3, 0.4) is 0 Å². The third-order valence-corrected chi connectivity index (χ3v) is 0.862. The third kappa shape index (κ3) is 3.76. The van der Waals surface area contributed by atoms with Crippen LogP contribution in [0.2, 0.25) is 0 Å². The van der Waals surface area contributed by atoms with Crippen LogP contribution in [-0.4, -0.2) is 11.3 Å². The van der Waals surface area contributed by atoms with Crippen molar-refractivity contribution in [1.29, 1.82) is 0 Å². The Morgan fingerprint density at radius 3 is 2.75 bits per heavy atom. The van der Waals surface area contributed by atoms with Crippen LogP contribution in [0, 0.1) is 0 Å². The van der Waals surface area contributed by atoms with E-state index in [2.05, 4.69) is 8.37 Å². The maximum atomic E-state index is 11.0. The molecule has 0 N–H and O–H groups in total. The van der Waals surface area contributed by atoms with Gasteiger partial charge in [-0.25, -0.2) is 4.39 Å². The molecular formula is C3H5FO3S. The molecule has 0 fully saturated rings. The predicted molar refractivity (Wildman–Crippen MR) is 26.5 cm³/mol. The first-order valence-corrected chi connectivity index (χ1v) is 2.70. The molecule has 3 nitrogen and oxygen atoms in total. The molecule has 0 heterocycles. The molecule has 0 saturated carbocycles. The molecule has 0 aromatic carbocycles. The van der Waals surface area contributed by atoms with Gasteiger partial charge < -0.3 is 4.18 Å². The molecule has 5 heteroatoms. The highest BCUT2D eigenvalue weighted by atomic mass is 32.2. The van der Waals surface area contributed by atoms with E-state index in [1.165, 1.54) is 7.11 Å². The van der Waals surface area contributed by atoms with Gasteiger partial charge in [-0.15, -0.1) is 0 Å². The van der Waals surface area contributed by atoms with Crippen LogP contribution >= 0.6 is 0 Å². The smallest absolute Gasteiger partial charge is 0.359 e. The molecule has 0 bridgehead atoms. The lowest BCUT2D eigenvalue weighted by molar-refractivity contribution is 0.357. The van der Waals surface area contributed by atoms with Gasteiger partial charge in [-0.1, -0.05) is 0 Å². The zero-order valence-corrected chi connectivity index (χ0v) is 4.98. The van der Waals surface area contributed by atoms with Gasteiger partial charge in [0.25, 0.3) is 0 Å². The molecule has 0 radical (unpaired) electrons. The van der Waals surface area contributed by atoms with Gasteiger partial charge in [-0.05, 0) is 0 Å². The van der Waals surface area contributed by atoms with Crippen molar-refractivity contribution in [1.82, 2.24) is 0 Å². The van der Waals surface area contributed by atoms with Gasteiger partial charge in [0, 0.05) is 0 Å². The summed E-state index contributed by atoms with van der Waals surface area (Å²) >= 11 is -1.85. The second-order valence-electron chi connectivity index (χ2n) is 0.729. The highest BCUT2D eigenvalue weighted by Gasteiger charge is 1.88. The minimum Gasteiger partial charge on any atom is -0.386 e. The summed E-state index contributed by atoms with van der Waals surface area (Å²) in [5, 5.41) is 0. The van der Waals surface area contributed by atoms with E-state index in [0.717, 1.165) is 0 Å². The quantitative estimate of drug-likeness (QED) is 0.540. The van der Waals surface area contributed by atoms with E-state index in [1.807, 2.05) is 0 Å². The Bertz CT molecular complexity index is 103. The largest absolute Gasteiger partial charge is 0.386 e. The molecule has 0 aliphatic rings. The SMILES string of the molecule is COS(=O)OC=CF. The van der Waals surface area contributed by atoms with Crippen molar-refractivity contribution in [2.24, 2.45) is 0 Å². The summed E-state index contributed by atoms with van der Waals surface area (Å²) in [5.41, 5.74) is 0. The Morgan fingerprint density at radius 1 is 1.75 bits per heavy atom. The number of halogens is 1. The summed E-state index contributed by atoms with van der Waals surface area (Å²) in [7, 11) is 1.18. The molecule has 1 atom stereocenters. The van der Waals surface area contributed by atoms with Gasteiger partial charge in [0.1, 0.15) is 12.6 Å². The minimum absolute atomic E-state index is 0.122. The van der Waals surface area contributed by atoms with Crippen LogP contribution in [0.5, 0.6) is 0 Å². The van der Waals surface area contributed by atoms with E-state index in [0.29, 0.717) is 6.26 Å². The molecule has 0 aliphatic heterocycles. The van der Waals surface area contributed by atoms with Crippen LogP contribution < -0.4 is 0 Å². The average molecular weight is 140 g/mol. The topological polar surface area (TPSA) is 35.5 Å². The zero-order valence-electron chi connectivity index (χ0n) is 4.17. The average Bonchev–Trinajstić information content (AvgIpc) is 1.83. The van der Waals surface area contributed by atoms with Crippen LogP contribution in [0.25, 0.3) is 0 Å². The minimum atomic E-state index is -1.85. The normalized spacial score (nSPS) is 14.2. The fourth-order valence-electron chi connectivity index (χ4n) is 0.106. The van der Waals surface area contributed by atoms with Crippen LogP contribution in [0.1, 0.15) is 0 Å². The standard InChI is InChI=1S/C3H5FO3S/c1-6-8(5)7-3-2-4/h2-3H,1H3. The Morgan fingerprint density at radius 2 is 2.38 bits per heavy atom. The molecule has 0 spiro atoms. The van der Waals surface area contributed by atoms with E-state index in [4.69, 9.17) is 0 Å². The van der Waals surface area contributed by atoms with Gasteiger partial charge in [0.2, 0.25) is 0 Å². The number of rotatable bonds is 3. The number of hydrogen-bond donors (Lipinski definition) is 0. The van der Waals surface area contributed by atoms with Crippen molar-refractivity contribution in [2.75, 3.05) is 7.11 Å². The maximum Gasteiger partial charge on any atom is 0.359 e. The summed E-state index contributed by atoms with van der Waals surface area (Å²) in [6.07, 6.45) is 0.760. The van der Waals surface area contributed by atoms with Crippen molar-refractivity contribution in [2.45, 2.75) is 0 Å². The summed E-state index contributed by atoms with van der Waals surface area (Å²) in [5.74, 6) is 0. The lowest BCUT2D eigenvalue weighted by Crippen LogP contribution is -1.91. The highest BCUT2D eigenvalue weighted by molar-refractivity contribution is 7.75. The Hall–Kier alpha value is -0.420. The van der Waals surface area contributed by atoms with E-state index in [1.54, 1.807) is 0 Å². The van der Waals surface area contributed by atoms with Gasteiger partial charge in [0.15, 0.2) is 0 Å². The van der Waals surface area contributed by atoms with Crippen LogP contribution in [0.15, 0.2) is 12.6 Å². The fraction of sp³-hybridized carbons (Fsp3) is 0.333. The molecule has 0 saturated heterocycles. The lowest BCUT2D eigenvalue weighted by Gasteiger charge is -1.90. The Kier molecular flexibility index (Phi) is 4.48. The van der Waals surface area contributed by atoms with Crippen molar-refractivity contribution in [3.8, 4) is 0 Å². The number of hydrogen-bond acceptors (Lipinski definition) is 3. The summed E-state index contributed by atoms with van der Waals surface area (Å²) in [6, 6.07) is 0. The second kappa shape index (κ2) is 4.73. The van der Waals surface area contributed by atoms with Crippen LogP contribution in [0.4, 0.5) is 4.39 Å². The van der Waals surface area contributed by atoms with Crippen molar-refractivity contribution < 1.29 is 17.0 Å². The molecule has 48 valence electrons. The van der Waals surface area contributed by atoms with Crippen LogP contribution in [-0.2, 0) is 19.7 Å². The second-order valence-corrected chi connectivity index (χ2v) is 1.66. The van der Waals surface area contributed by atoms with Gasteiger partial charge in [0.05, 0.1) is 7.11 Å². The third-order valence-electron chi connectivity index (χ3n) is 0.322. The molecule has 8 heavy (non-hydrogen) atoms. The lowest BCUT2D eigenvalue weighted by atomic mass is 11.1. The van der Waals surface area contributed by atoms with E-state index in [9.17, 15) is 8.60 Å². The summed E-state index contributed by atoms with van der Waals surface area (Å²) in [6.45, 7) is 0. The Balaban J connectivity index is 3.25. The summed E-state index contributed by atoms with van der Waals surface area (Å²) in [4.78, 5) is 0. The van der Waals surface area contributed by atoms with E-state index < -0.39 is 11.4 Å². The van der Waals surface area contributed by atoms with Gasteiger partial charge >= 0.3 is 11.4 Å². The molecule has 0 aromatic rings. The molecular weight excluding hydrogens is 135 g/mol. The monoisotopic (exact) mass is 140 g/mol. The van der Waals surface area contributed by atoms with E-state index in [-0.39, 0.29) is 6.33 Å². The Labute approximate surface area is 49.0 Å². The first kappa shape index (κ1) is 7.58. The highest BCUT2D eigenvalue weighted by Crippen LogP contribution is 1.85. The molecule has 0 rings (SSSR count). The van der Waals surface area contributed by atoms with E-state index >= 15 is 0 Å². The molecule has 1 unspecified atom stereocenters. The zero-order chi connectivity index (χ0) is 6.41. The van der Waals surface area contributed by atoms with Gasteiger partial charge in [-0.2, -0.15) is 4.21 Å². The fourth-order valence-corrected chi connectivity index (χ4v) is 0.317. The van der Waals surface area contributed by atoms with Crippen molar-refractivity contribution in [3.05, 3.63) is 12.6 Å².